The average Bonchev–Trinajstić information content (AvgIpc) is 1.41. The summed E-state index contributed by atoms with van der Waals surface area (Å²) in [6.45, 7) is 4.56. The predicted octanol–water partition coefficient (Wildman–Crippen LogP) is 1.99. The van der Waals surface area contributed by atoms with Crippen molar-refractivity contribution < 1.29 is 0 Å². The molecule has 2 heteroatoms. The number of hydrogen-bond acceptors (Lipinski definition) is 0. The van der Waals surface area contributed by atoms with Crippen molar-refractivity contribution in [2.24, 2.45) is 0 Å². The maximum absolute atomic E-state index is 2.28. The summed E-state index contributed by atoms with van der Waals surface area (Å²) in [5.74, 6) is 0. The third-order valence-electron chi connectivity index (χ3n) is 0.447. The van der Waals surface area contributed by atoms with E-state index < -0.39 is 0 Å². The van der Waals surface area contributed by atoms with Gasteiger partial charge in [-0.1, -0.05) is 0 Å². The van der Waals surface area contributed by atoms with Crippen molar-refractivity contribution in [3.63, 3.8) is 0 Å². The third kappa shape index (κ3) is 8.92. The van der Waals surface area contributed by atoms with Crippen LogP contribution >= 0.6 is 12.4 Å². The Labute approximate surface area is 56.6 Å². The Morgan fingerprint density at radius 1 is 1.17 bits per heavy atom. The smallest absolute Gasteiger partial charge is 0.147 e. The minimum Gasteiger partial charge on any atom is -0.147 e. The largest absolute Gasteiger partial charge is 0.147 e. The molecule has 0 atom stereocenters. The van der Waals surface area contributed by atoms with Crippen LogP contribution in [0.5, 0.6) is 0 Å². The molecule has 0 fully saturated rings. The second-order valence-electron chi connectivity index (χ2n) is 0.856. The summed E-state index contributed by atoms with van der Waals surface area (Å²) >= 11 is 0.356. The van der Waals surface area contributed by atoms with Gasteiger partial charge in [0.2, 0.25) is 0 Å². The van der Waals surface area contributed by atoms with Crippen LogP contribution < -0.4 is 0 Å². The van der Waals surface area contributed by atoms with Crippen LogP contribution in [0.4, 0.5) is 0 Å². The standard InChI is InChI=1S/2C2H5.ClH.Sb/c2*1-2;;/h2*1H2,2H3;1H;. The van der Waals surface area contributed by atoms with E-state index in [1.807, 2.05) is 0 Å². The molecule has 0 rings (SSSR count). The van der Waals surface area contributed by atoms with E-state index in [4.69, 9.17) is 0 Å². The first-order chi connectivity index (χ1) is 2.41. The molecule has 0 heterocycles. The Balaban J connectivity index is 0. The summed E-state index contributed by atoms with van der Waals surface area (Å²) in [5.41, 5.74) is 0. The van der Waals surface area contributed by atoms with Crippen LogP contribution in [0.3, 0.4) is 0 Å². The Hall–Kier alpha value is 1.11. The molecule has 0 unspecified atom stereocenters. The summed E-state index contributed by atoms with van der Waals surface area (Å²) < 4.78 is 2.99. The van der Waals surface area contributed by atoms with Crippen molar-refractivity contribution in [2.45, 2.75) is 22.6 Å². The van der Waals surface area contributed by atoms with E-state index in [-0.39, 0.29) is 12.4 Å². The van der Waals surface area contributed by atoms with Gasteiger partial charge in [-0.2, -0.15) is 0 Å². The van der Waals surface area contributed by atoms with Crippen LogP contribution in [-0.2, 0) is 0 Å². The van der Waals surface area contributed by atoms with Gasteiger partial charge in [0.25, 0.3) is 0 Å². The Kier molecular flexibility index (Phi) is 16.0. The molecule has 0 aliphatic rings. The van der Waals surface area contributed by atoms with Crippen LogP contribution in [0.2, 0.25) is 8.73 Å². The van der Waals surface area contributed by atoms with Crippen LogP contribution in [0.15, 0.2) is 0 Å². The van der Waals surface area contributed by atoms with Crippen molar-refractivity contribution in [2.75, 3.05) is 0 Å². The SMILES string of the molecule is C[CH2][Sb][CH2]C.Cl. The molecular weight excluding hydrogens is 205 g/mol. The average molecular weight is 216 g/mol. The molecule has 1 radical (unpaired) electrons. The van der Waals surface area contributed by atoms with Crippen LogP contribution in [0.1, 0.15) is 13.8 Å². The molecule has 0 saturated heterocycles. The van der Waals surface area contributed by atoms with Crippen LogP contribution in [-0.4, -0.2) is 21.6 Å². The van der Waals surface area contributed by atoms with E-state index in [1.54, 1.807) is 0 Å². The zero-order valence-corrected chi connectivity index (χ0v) is 7.64. The maximum atomic E-state index is 2.28. The van der Waals surface area contributed by atoms with E-state index in [0.29, 0.717) is 21.6 Å². The summed E-state index contributed by atoms with van der Waals surface area (Å²) in [5, 5.41) is 0. The molecular formula is C4H11ClSb. The Morgan fingerprint density at radius 2 is 1.50 bits per heavy atom. The van der Waals surface area contributed by atoms with E-state index in [2.05, 4.69) is 13.8 Å². The van der Waals surface area contributed by atoms with Crippen molar-refractivity contribution >= 4 is 34.0 Å². The van der Waals surface area contributed by atoms with Gasteiger partial charge in [0.1, 0.15) is 0 Å². The van der Waals surface area contributed by atoms with Gasteiger partial charge in [0, 0.05) is 0 Å². The first-order valence-corrected chi connectivity index (χ1v) is 5.66. The second-order valence-corrected chi connectivity index (χ2v) is 5.74. The molecule has 0 aliphatic carbocycles. The zero-order chi connectivity index (χ0) is 4.12. The molecule has 0 aromatic carbocycles. The number of rotatable bonds is 2. The third-order valence-corrected chi connectivity index (χ3v) is 3.00. The van der Waals surface area contributed by atoms with Gasteiger partial charge in [-0.25, -0.2) is 0 Å². The fraction of sp³-hybridized carbons (Fsp3) is 1.00. The zero-order valence-electron chi connectivity index (χ0n) is 4.27. The van der Waals surface area contributed by atoms with Gasteiger partial charge in [0.05, 0.1) is 0 Å². The molecule has 0 amide bonds. The first kappa shape index (κ1) is 10.2. The molecule has 0 N–H and O–H groups in total. The van der Waals surface area contributed by atoms with Crippen molar-refractivity contribution in [1.29, 1.82) is 0 Å². The minimum atomic E-state index is 0. The molecule has 0 nitrogen and oxygen atoms in total. The van der Waals surface area contributed by atoms with Crippen LogP contribution in [0, 0.1) is 0 Å². The Morgan fingerprint density at radius 3 is 1.50 bits per heavy atom. The summed E-state index contributed by atoms with van der Waals surface area (Å²) in [4.78, 5) is 0. The summed E-state index contributed by atoms with van der Waals surface area (Å²) in [6.07, 6.45) is 0. The maximum Gasteiger partial charge on any atom is -0.147 e. The number of halogens is 1. The topological polar surface area (TPSA) is 0 Å². The van der Waals surface area contributed by atoms with Crippen molar-refractivity contribution in [1.82, 2.24) is 0 Å². The van der Waals surface area contributed by atoms with Crippen LogP contribution in [0.25, 0.3) is 0 Å². The van der Waals surface area contributed by atoms with Gasteiger partial charge in [-0.3, -0.25) is 0 Å². The van der Waals surface area contributed by atoms with E-state index in [1.165, 1.54) is 8.73 Å². The molecule has 6 heavy (non-hydrogen) atoms. The van der Waals surface area contributed by atoms with Gasteiger partial charge in [-0.15, -0.1) is 12.4 Å². The van der Waals surface area contributed by atoms with E-state index in [0.717, 1.165) is 0 Å². The summed E-state index contributed by atoms with van der Waals surface area (Å²) in [6, 6.07) is 0. The fourth-order valence-electron chi connectivity index (χ4n) is 0.224. The monoisotopic (exact) mass is 215 g/mol. The Bertz CT molecular complexity index is 15.0. The summed E-state index contributed by atoms with van der Waals surface area (Å²) in [7, 11) is 0. The van der Waals surface area contributed by atoms with Crippen molar-refractivity contribution in [3.05, 3.63) is 0 Å². The van der Waals surface area contributed by atoms with E-state index in [9.17, 15) is 0 Å². The number of hydrogen-bond donors (Lipinski definition) is 0. The minimum absolute atomic E-state index is 0. The molecule has 0 spiro atoms. The molecule has 0 aromatic heterocycles. The van der Waals surface area contributed by atoms with Gasteiger partial charge >= 0.3 is 44.2 Å². The van der Waals surface area contributed by atoms with Gasteiger partial charge in [-0.05, 0) is 0 Å². The van der Waals surface area contributed by atoms with Gasteiger partial charge < -0.3 is 0 Å². The van der Waals surface area contributed by atoms with E-state index >= 15 is 0 Å². The second kappa shape index (κ2) is 9.44. The molecule has 0 aliphatic heterocycles. The first-order valence-electron chi connectivity index (χ1n) is 2.05. The fourth-order valence-corrected chi connectivity index (χ4v) is 1.50. The molecule has 0 aromatic rings. The van der Waals surface area contributed by atoms with Crippen molar-refractivity contribution in [3.8, 4) is 0 Å². The molecule has 0 saturated carbocycles. The van der Waals surface area contributed by atoms with Gasteiger partial charge in [0.15, 0.2) is 0 Å². The quantitative estimate of drug-likeness (QED) is 0.619. The predicted molar refractivity (Wildman–Crippen MR) is 34.0 cm³/mol. The normalized spacial score (nSPS) is 7.00. The molecule has 39 valence electrons. The molecule has 0 bridgehead atoms.